The highest BCUT2D eigenvalue weighted by Gasteiger charge is 2.50. The van der Waals surface area contributed by atoms with Crippen molar-refractivity contribution >= 4 is 0 Å². The number of aliphatic hydroxyl groups excluding tert-OH is 1. The first-order valence-electron chi connectivity index (χ1n) is 4.63. The number of hydrogen-bond donors (Lipinski definition) is 2. The Hall–Kier alpha value is -0.0800. The average molecular weight is 155 g/mol. The van der Waals surface area contributed by atoms with Crippen molar-refractivity contribution in [3.63, 3.8) is 0 Å². The highest BCUT2D eigenvalue weighted by Crippen LogP contribution is 2.52. The van der Waals surface area contributed by atoms with Crippen LogP contribution in [0.3, 0.4) is 0 Å². The molecule has 1 saturated heterocycles. The molecule has 1 heterocycles. The lowest BCUT2D eigenvalue weighted by Gasteiger charge is -2.54. The van der Waals surface area contributed by atoms with Crippen LogP contribution in [-0.2, 0) is 0 Å². The first-order chi connectivity index (χ1) is 5.25. The molecule has 2 aliphatic rings. The van der Waals surface area contributed by atoms with Crippen LogP contribution in [0.1, 0.15) is 26.2 Å². The van der Waals surface area contributed by atoms with Crippen LogP contribution in [-0.4, -0.2) is 24.3 Å². The second kappa shape index (κ2) is 2.46. The second-order valence-corrected chi connectivity index (χ2v) is 4.17. The molecule has 0 amide bonds. The first-order valence-corrected chi connectivity index (χ1v) is 4.63. The number of rotatable bonds is 0. The lowest BCUT2D eigenvalue weighted by molar-refractivity contribution is -0.113. The van der Waals surface area contributed by atoms with Crippen LogP contribution >= 0.6 is 0 Å². The Morgan fingerprint density at radius 1 is 1.36 bits per heavy atom. The molecule has 1 spiro atoms. The molecule has 2 heteroatoms. The van der Waals surface area contributed by atoms with Crippen LogP contribution in [0.5, 0.6) is 0 Å². The van der Waals surface area contributed by atoms with Gasteiger partial charge in [-0.05, 0) is 43.7 Å². The van der Waals surface area contributed by atoms with Crippen LogP contribution in [0.2, 0.25) is 0 Å². The molecule has 2 N–H and O–H groups in total. The van der Waals surface area contributed by atoms with Gasteiger partial charge in [-0.1, -0.05) is 6.92 Å². The second-order valence-electron chi connectivity index (χ2n) is 4.17. The van der Waals surface area contributed by atoms with E-state index in [0.717, 1.165) is 19.5 Å². The maximum atomic E-state index is 9.41. The molecule has 1 aliphatic heterocycles. The molecule has 1 aliphatic carbocycles. The standard InChI is InChI=1S/C9H17NO/c1-7-8(11)6-9(7)2-4-10-5-3-9/h7-8,10-11H,2-6H2,1H3. The van der Waals surface area contributed by atoms with Crippen molar-refractivity contribution in [1.82, 2.24) is 5.32 Å². The number of piperidine rings is 1. The Morgan fingerprint density at radius 3 is 2.45 bits per heavy atom. The Kier molecular flexibility index (Phi) is 1.69. The van der Waals surface area contributed by atoms with Crippen molar-refractivity contribution in [3.05, 3.63) is 0 Å². The number of nitrogens with one attached hydrogen (secondary N) is 1. The molecule has 0 bridgehead atoms. The van der Waals surface area contributed by atoms with E-state index in [2.05, 4.69) is 12.2 Å². The summed E-state index contributed by atoms with van der Waals surface area (Å²) in [6.45, 7) is 4.49. The fourth-order valence-corrected chi connectivity index (χ4v) is 2.61. The molecular weight excluding hydrogens is 138 g/mol. The molecule has 2 fully saturated rings. The van der Waals surface area contributed by atoms with Gasteiger partial charge in [-0.25, -0.2) is 0 Å². The van der Waals surface area contributed by atoms with E-state index in [9.17, 15) is 5.11 Å². The van der Waals surface area contributed by atoms with E-state index in [1.807, 2.05) is 0 Å². The maximum Gasteiger partial charge on any atom is 0.0576 e. The van der Waals surface area contributed by atoms with Gasteiger partial charge >= 0.3 is 0 Å². The number of aliphatic hydroxyl groups is 1. The molecule has 2 rings (SSSR count). The lowest BCUT2D eigenvalue weighted by Crippen LogP contribution is -2.54. The van der Waals surface area contributed by atoms with E-state index in [0.29, 0.717) is 11.3 Å². The summed E-state index contributed by atoms with van der Waals surface area (Å²) in [5.74, 6) is 0.546. The van der Waals surface area contributed by atoms with Crippen LogP contribution in [0.25, 0.3) is 0 Å². The van der Waals surface area contributed by atoms with E-state index in [4.69, 9.17) is 0 Å². The summed E-state index contributed by atoms with van der Waals surface area (Å²) in [5.41, 5.74) is 0.519. The van der Waals surface area contributed by atoms with Gasteiger partial charge in [0.25, 0.3) is 0 Å². The van der Waals surface area contributed by atoms with Crippen molar-refractivity contribution in [2.75, 3.05) is 13.1 Å². The van der Waals surface area contributed by atoms with Gasteiger partial charge in [0.2, 0.25) is 0 Å². The monoisotopic (exact) mass is 155 g/mol. The third-order valence-electron chi connectivity index (χ3n) is 3.76. The topological polar surface area (TPSA) is 32.3 Å². The summed E-state index contributed by atoms with van der Waals surface area (Å²) in [6, 6.07) is 0. The normalized spacial score (nSPS) is 42.0. The zero-order valence-electron chi connectivity index (χ0n) is 7.14. The van der Waals surface area contributed by atoms with Crippen molar-refractivity contribution in [2.24, 2.45) is 11.3 Å². The van der Waals surface area contributed by atoms with Crippen LogP contribution in [0, 0.1) is 11.3 Å². The smallest absolute Gasteiger partial charge is 0.0576 e. The summed E-state index contributed by atoms with van der Waals surface area (Å²) in [4.78, 5) is 0. The molecule has 11 heavy (non-hydrogen) atoms. The molecule has 0 aromatic heterocycles. The maximum absolute atomic E-state index is 9.41. The van der Waals surface area contributed by atoms with Crippen LogP contribution in [0.15, 0.2) is 0 Å². The summed E-state index contributed by atoms with van der Waals surface area (Å²) >= 11 is 0. The van der Waals surface area contributed by atoms with E-state index >= 15 is 0 Å². The molecule has 2 atom stereocenters. The van der Waals surface area contributed by atoms with Gasteiger partial charge in [-0.3, -0.25) is 0 Å². The van der Waals surface area contributed by atoms with Gasteiger partial charge in [0.05, 0.1) is 6.10 Å². The van der Waals surface area contributed by atoms with Crippen molar-refractivity contribution in [3.8, 4) is 0 Å². The molecule has 0 radical (unpaired) electrons. The van der Waals surface area contributed by atoms with E-state index < -0.39 is 0 Å². The largest absolute Gasteiger partial charge is 0.393 e. The third kappa shape index (κ3) is 1.00. The molecular formula is C9H17NO. The molecule has 2 nitrogen and oxygen atoms in total. The Balaban J connectivity index is 2.00. The van der Waals surface area contributed by atoms with Gasteiger partial charge in [-0.2, -0.15) is 0 Å². The van der Waals surface area contributed by atoms with Gasteiger partial charge in [0.1, 0.15) is 0 Å². The molecule has 64 valence electrons. The third-order valence-corrected chi connectivity index (χ3v) is 3.76. The first kappa shape index (κ1) is 7.56. The Bertz CT molecular complexity index is 146. The minimum atomic E-state index is -0.00639. The summed E-state index contributed by atoms with van der Waals surface area (Å²) in [7, 11) is 0. The average Bonchev–Trinajstić information content (AvgIpc) is 2.06. The summed E-state index contributed by atoms with van der Waals surface area (Å²) in [6.07, 6.45) is 3.58. The zero-order chi connectivity index (χ0) is 7.90. The van der Waals surface area contributed by atoms with Crippen molar-refractivity contribution < 1.29 is 5.11 Å². The van der Waals surface area contributed by atoms with Gasteiger partial charge in [0.15, 0.2) is 0 Å². The van der Waals surface area contributed by atoms with E-state index in [1.54, 1.807) is 0 Å². The van der Waals surface area contributed by atoms with Gasteiger partial charge in [0, 0.05) is 0 Å². The van der Waals surface area contributed by atoms with Crippen molar-refractivity contribution in [1.29, 1.82) is 0 Å². The Labute approximate surface area is 68.0 Å². The summed E-state index contributed by atoms with van der Waals surface area (Å²) in [5, 5.41) is 12.8. The molecule has 1 saturated carbocycles. The van der Waals surface area contributed by atoms with Gasteiger partial charge < -0.3 is 10.4 Å². The van der Waals surface area contributed by atoms with Crippen LogP contribution in [0.4, 0.5) is 0 Å². The fourth-order valence-electron chi connectivity index (χ4n) is 2.61. The lowest BCUT2D eigenvalue weighted by atomic mass is 9.55. The minimum absolute atomic E-state index is 0.00639. The molecule has 0 aromatic carbocycles. The fraction of sp³-hybridized carbons (Fsp3) is 1.00. The highest BCUT2D eigenvalue weighted by molar-refractivity contribution is 5.01. The molecule has 0 aromatic rings. The minimum Gasteiger partial charge on any atom is -0.393 e. The van der Waals surface area contributed by atoms with Crippen LogP contribution < -0.4 is 5.32 Å². The van der Waals surface area contributed by atoms with Gasteiger partial charge in [-0.15, -0.1) is 0 Å². The highest BCUT2D eigenvalue weighted by atomic mass is 16.3. The summed E-state index contributed by atoms with van der Waals surface area (Å²) < 4.78 is 0. The Morgan fingerprint density at radius 2 is 2.00 bits per heavy atom. The SMILES string of the molecule is CC1C(O)CC12CCNCC2. The van der Waals surface area contributed by atoms with E-state index in [-0.39, 0.29) is 6.10 Å². The van der Waals surface area contributed by atoms with E-state index in [1.165, 1.54) is 12.8 Å². The number of hydrogen-bond acceptors (Lipinski definition) is 2. The zero-order valence-corrected chi connectivity index (χ0v) is 7.14. The quantitative estimate of drug-likeness (QED) is 0.541. The molecule has 2 unspecified atom stereocenters. The predicted molar refractivity (Wildman–Crippen MR) is 44.3 cm³/mol. The van der Waals surface area contributed by atoms with Crippen molar-refractivity contribution in [2.45, 2.75) is 32.3 Å². The predicted octanol–water partition coefficient (Wildman–Crippen LogP) is 0.757.